The molecule has 0 unspecified atom stereocenters. The van der Waals surface area contributed by atoms with Crippen LogP contribution in [0.2, 0.25) is 0 Å². The molecule has 0 spiro atoms. The van der Waals surface area contributed by atoms with E-state index in [0.717, 1.165) is 12.1 Å². The molecule has 164 valence electrons. The number of benzene rings is 2. The summed E-state index contributed by atoms with van der Waals surface area (Å²) in [7, 11) is 1.31. The normalized spacial score (nSPS) is 18.7. The standard InChI is InChI=1S/C20H17F4N3O4/c1-31-15-4-2-3-13(11-15)16(28)25-19(20(22,23)24)17(29)27(18(30)26-19)10-9-12-5-7-14(21)8-6-12/h2-8,11H,9-10H2,1H3,(H,25,28)(H,26,30)/t19-/m1/s1. The summed E-state index contributed by atoms with van der Waals surface area (Å²) in [6.45, 7) is -0.400. The number of imide groups is 1. The molecule has 11 heteroatoms. The molecule has 1 fully saturated rings. The summed E-state index contributed by atoms with van der Waals surface area (Å²) in [4.78, 5) is 37.7. The number of halogens is 4. The predicted molar refractivity (Wildman–Crippen MR) is 99.6 cm³/mol. The number of rotatable bonds is 6. The number of alkyl halides is 3. The lowest BCUT2D eigenvalue weighted by molar-refractivity contribution is -0.200. The number of hydrogen-bond donors (Lipinski definition) is 2. The van der Waals surface area contributed by atoms with Gasteiger partial charge in [0.15, 0.2) is 0 Å². The molecule has 1 heterocycles. The minimum Gasteiger partial charge on any atom is -0.497 e. The SMILES string of the molecule is COc1cccc(C(=O)N[C@@]2(C(F)(F)F)NC(=O)N(CCc3ccc(F)cc3)C2=O)c1. The molecule has 0 radical (unpaired) electrons. The number of carbonyl (C=O) groups is 3. The maximum absolute atomic E-state index is 13.9. The zero-order valence-corrected chi connectivity index (χ0v) is 16.1. The van der Waals surface area contributed by atoms with Crippen LogP contribution in [0, 0.1) is 5.82 Å². The highest BCUT2D eigenvalue weighted by atomic mass is 19.4. The van der Waals surface area contributed by atoms with E-state index in [4.69, 9.17) is 4.74 Å². The van der Waals surface area contributed by atoms with Gasteiger partial charge >= 0.3 is 12.2 Å². The van der Waals surface area contributed by atoms with Gasteiger partial charge in [-0.05, 0) is 42.3 Å². The Labute approximate surface area is 174 Å². The van der Waals surface area contributed by atoms with Gasteiger partial charge in [0.2, 0.25) is 0 Å². The fourth-order valence-electron chi connectivity index (χ4n) is 3.03. The second-order valence-electron chi connectivity index (χ2n) is 6.70. The van der Waals surface area contributed by atoms with Crippen molar-refractivity contribution in [3.8, 4) is 5.75 Å². The second-order valence-corrected chi connectivity index (χ2v) is 6.70. The smallest absolute Gasteiger partial charge is 0.440 e. The fraction of sp³-hybridized carbons (Fsp3) is 0.250. The number of amides is 4. The van der Waals surface area contributed by atoms with Crippen LogP contribution in [0.4, 0.5) is 22.4 Å². The third-order valence-electron chi connectivity index (χ3n) is 4.70. The molecule has 3 rings (SSSR count). The van der Waals surface area contributed by atoms with Crippen LogP contribution in [0.1, 0.15) is 15.9 Å². The van der Waals surface area contributed by atoms with Gasteiger partial charge in [-0.15, -0.1) is 0 Å². The summed E-state index contributed by atoms with van der Waals surface area (Å²) in [5.41, 5.74) is -3.31. The highest BCUT2D eigenvalue weighted by Gasteiger charge is 2.68. The number of ether oxygens (including phenoxy) is 1. The number of carbonyl (C=O) groups excluding carboxylic acids is 3. The van der Waals surface area contributed by atoms with Crippen molar-refractivity contribution in [3.05, 3.63) is 65.5 Å². The summed E-state index contributed by atoms with van der Waals surface area (Å²) < 4.78 is 59.6. The third kappa shape index (κ3) is 4.30. The molecule has 1 atom stereocenters. The zero-order chi connectivity index (χ0) is 22.8. The van der Waals surface area contributed by atoms with Crippen molar-refractivity contribution in [2.45, 2.75) is 18.3 Å². The number of nitrogens with zero attached hydrogens (tertiary/aromatic N) is 1. The Morgan fingerprint density at radius 1 is 1.16 bits per heavy atom. The van der Waals surface area contributed by atoms with Crippen LogP contribution in [0.25, 0.3) is 0 Å². The van der Waals surface area contributed by atoms with E-state index in [9.17, 15) is 31.9 Å². The Balaban J connectivity index is 1.83. The minimum absolute atomic E-state index is 0.00277. The van der Waals surface area contributed by atoms with Gasteiger partial charge < -0.3 is 10.1 Å². The lowest BCUT2D eigenvalue weighted by Crippen LogP contribution is -2.69. The van der Waals surface area contributed by atoms with Gasteiger partial charge in [-0.2, -0.15) is 13.2 Å². The largest absolute Gasteiger partial charge is 0.497 e. The maximum Gasteiger partial charge on any atom is 0.440 e. The zero-order valence-electron chi connectivity index (χ0n) is 16.1. The number of methoxy groups -OCH3 is 1. The van der Waals surface area contributed by atoms with Crippen molar-refractivity contribution in [2.24, 2.45) is 0 Å². The first-order valence-electron chi connectivity index (χ1n) is 8.99. The van der Waals surface area contributed by atoms with Crippen LogP contribution in [-0.2, 0) is 11.2 Å². The van der Waals surface area contributed by atoms with Crippen LogP contribution in [0.3, 0.4) is 0 Å². The Kier molecular flexibility index (Phi) is 5.87. The highest BCUT2D eigenvalue weighted by molar-refractivity contribution is 6.10. The van der Waals surface area contributed by atoms with E-state index < -0.39 is 42.0 Å². The second kappa shape index (κ2) is 8.25. The molecular formula is C20H17F4N3O4. The molecule has 7 nitrogen and oxygen atoms in total. The van der Waals surface area contributed by atoms with Gasteiger partial charge in [0.25, 0.3) is 17.5 Å². The van der Waals surface area contributed by atoms with Gasteiger partial charge in [-0.3, -0.25) is 19.8 Å². The highest BCUT2D eigenvalue weighted by Crippen LogP contribution is 2.34. The van der Waals surface area contributed by atoms with Crippen LogP contribution in [-0.4, -0.2) is 48.2 Å². The van der Waals surface area contributed by atoms with Gasteiger partial charge in [0, 0.05) is 12.1 Å². The average Bonchev–Trinajstić information content (AvgIpc) is 2.97. The molecule has 2 aromatic rings. The fourth-order valence-corrected chi connectivity index (χ4v) is 3.03. The Morgan fingerprint density at radius 2 is 1.84 bits per heavy atom. The van der Waals surface area contributed by atoms with Crippen molar-refractivity contribution >= 4 is 17.8 Å². The minimum atomic E-state index is -5.32. The Bertz CT molecular complexity index is 1010. The van der Waals surface area contributed by atoms with Crippen LogP contribution < -0.4 is 15.4 Å². The van der Waals surface area contributed by atoms with E-state index in [2.05, 4.69) is 0 Å². The number of hydrogen-bond acceptors (Lipinski definition) is 4. The monoisotopic (exact) mass is 439 g/mol. The van der Waals surface area contributed by atoms with Gasteiger partial charge in [0.1, 0.15) is 11.6 Å². The van der Waals surface area contributed by atoms with E-state index in [1.165, 1.54) is 43.5 Å². The molecule has 4 amide bonds. The first kappa shape index (κ1) is 22.1. The predicted octanol–water partition coefficient (Wildman–Crippen LogP) is 2.62. The van der Waals surface area contributed by atoms with Crippen molar-refractivity contribution in [3.63, 3.8) is 0 Å². The van der Waals surface area contributed by atoms with E-state index >= 15 is 0 Å². The Morgan fingerprint density at radius 3 is 2.45 bits per heavy atom. The molecule has 1 aliphatic heterocycles. The first-order valence-corrected chi connectivity index (χ1v) is 8.99. The molecule has 2 aromatic carbocycles. The van der Waals surface area contributed by atoms with E-state index in [0.29, 0.717) is 10.5 Å². The van der Waals surface area contributed by atoms with Gasteiger partial charge in [0.05, 0.1) is 7.11 Å². The summed E-state index contributed by atoms with van der Waals surface area (Å²) in [6, 6.07) is 9.04. The van der Waals surface area contributed by atoms with Crippen LogP contribution >= 0.6 is 0 Å². The molecular weight excluding hydrogens is 422 g/mol. The number of nitrogens with one attached hydrogen (secondary N) is 2. The maximum atomic E-state index is 13.9. The molecule has 0 aromatic heterocycles. The Hall–Kier alpha value is -3.63. The molecule has 1 aliphatic rings. The first-order chi connectivity index (χ1) is 14.6. The molecule has 31 heavy (non-hydrogen) atoms. The summed E-state index contributed by atoms with van der Waals surface area (Å²) in [6.07, 6.45) is -5.32. The molecule has 0 aliphatic carbocycles. The van der Waals surface area contributed by atoms with E-state index in [1.54, 1.807) is 10.6 Å². The summed E-state index contributed by atoms with van der Waals surface area (Å²) in [5, 5.41) is 3.19. The average molecular weight is 439 g/mol. The van der Waals surface area contributed by atoms with Crippen molar-refractivity contribution in [1.82, 2.24) is 15.5 Å². The third-order valence-corrected chi connectivity index (χ3v) is 4.70. The summed E-state index contributed by atoms with van der Waals surface area (Å²) >= 11 is 0. The molecule has 0 saturated carbocycles. The summed E-state index contributed by atoms with van der Waals surface area (Å²) in [5.74, 6) is -3.18. The quantitative estimate of drug-likeness (QED) is 0.535. The lowest BCUT2D eigenvalue weighted by Gasteiger charge is -2.30. The molecule has 0 bridgehead atoms. The van der Waals surface area contributed by atoms with Crippen molar-refractivity contribution in [1.29, 1.82) is 0 Å². The molecule has 2 N–H and O–H groups in total. The topological polar surface area (TPSA) is 87.7 Å². The van der Waals surface area contributed by atoms with Gasteiger partial charge in [-0.1, -0.05) is 18.2 Å². The van der Waals surface area contributed by atoms with E-state index in [1.807, 2.05) is 0 Å². The van der Waals surface area contributed by atoms with Crippen molar-refractivity contribution in [2.75, 3.05) is 13.7 Å². The van der Waals surface area contributed by atoms with Crippen LogP contribution in [0.15, 0.2) is 48.5 Å². The van der Waals surface area contributed by atoms with E-state index in [-0.39, 0.29) is 17.7 Å². The van der Waals surface area contributed by atoms with Crippen molar-refractivity contribution < 1.29 is 36.7 Å². The van der Waals surface area contributed by atoms with Gasteiger partial charge in [-0.25, -0.2) is 9.18 Å². The molecule has 1 saturated heterocycles. The van der Waals surface area contributed by atoms with Crippen LogP contribution in [0.5, 0.6) is 5.75 Å². The number of urea groups is 1. The lowest BCUT2D eigenvalue weighted by atomic mass is 10.1.